The van der Waals surface area contributed by atoms with Crippen LogP contribution in [0.5, 0.6) is 5.75 Å². The van der Waals surface area contributed by atoms with Crippen molar-refractivity contribution in [2.45, 2.75) is 36.5 Å². The second-order valence-corrected chi connectivity index (χ2v) is 8.05. The highest BCUT2D eigenvalue weighted by Gasteiger charge is 2.81. The van der Waals surface area contributed by atoms with E-state index in [2.05, 4.69) is 29.7 Å². The normalized spacial score (nSPS) is 32.7. The number of carbonyl (C=O) groups excluding carboxylic acids is 1. The van der Waals surface area contributed by atoms with Gasteiger partial charge in [-0.1, -0.05) is 60.1 Å². The van der Waals surface area contributed by atoms with E-state index in [4.69, 9.17) is 9.47 Å². The Labute approximate surface area is 175 Å². The van der Waals surface area contributed by atoms with Gasteiger partial charge in [-0.2, -0.15) is 0 Å². The van der Waals surface area contributed by atoms with Crippen molar-refractivity contribution in [2.24, 2.45) is 5.92 Å². The predicted molar refractivity (Wildman–Crippen MR) is 113 cm³/mol. The summed E-state index contributed by atoms with van der Waals surface area (Å²) in [6.45, 7) is 0. The Morgan fingerprint density at radius 3 is 2.67 bits per heavy atom. The number of fused-ring (bicyclic) bond motifs is 1. The number of benzene rings is 2. The molecule has 0 aromatic heterocycles. The van der Waals surface area contributed by atoms with Crippen molar-refractivity contribution in [3.8, 4) is 29.4 Å². The van der Waals surface area contributed by atoms with Crippen molar-refractivity contribution in [3.05, 3.63) is 72.3 Å². The summed E-state index contributed by atoms with van der Waals surface area (Å²) in [7, 11) is 0. The average Bonchev–Trinajstić information content (AvgIpc) is 3.49. The number of allylic oxidation sites excluding steroid dienone is 2. The molecule has 2 fully saturated rings. The molecule has 1 saturated heterocycles. The molecule has 4 atom stereocenters. The molecule has 2 heterocycles. The van der Waals surface area contributed by atoms with Crippen LogP contribution in [0, 0.1) is 29.6 Å². The number of rotatable bonds is 1. The smallest absolute Gasteiger partial charge is 0.410 e. The molecule has 0 N–H and O–H groups in total. The highest BCUT2D eigenvalue weighted by Crippen LogP contribution is 2.72. The molecule has 146 valence electrons. The lowest BCUT2D eigenvalue weighted by atomic mass is 9.64. The molecule has 30 heavy (non-hydrogen) atoms. The quantitative estimate of drug-likeness (QED) is 0.532. The summed E-state index contributed by atoms with van der Waals surface area (Å²) in [5, 5.41) is 0. The van der Waals surface area contributed by atoms with Gasteiger partial charge in [-0.15, -0.1) is 0 Å². The molecule has 4 heteroatoms. The lowest BCUT2D eigenvalue weighted by molar-refractivity contribution is 0.197. The molecule has 0 spiro atoms. The maximum Gasteiger partial charge on any atom is 0.420 e. The van der Waals surface area contributed by atoms with Gasteiger partial charge in [0.1, 0.15) is 23.0 Å². The molecule has 1 saturated carbocycles. The van der Waals surface area contributed by atoms with Crippen LogP contribution in [0.2, 0.25) is 0 Å². The lowest BCUT2D eigenvalue weighted by Gasteiger charge is -2.43. The van der Waals surface area contributed by atoms with Gasteiger partial charge in [0.25, 0.3) is 0 Å². The second kappa shape index (κ2) is 6.26. The monoisotopic (exact) mass is 393 g/mol. The number of hydrogen-bond donors (Lipinski definition) is 0. The van der Waals surface area contributed by atoms with Crippen molar-refractivity contribution >= 4 is 11.8 Å². The summed E-state index contributed by atoms with van der Waals surface area (Å²) >= 11 is 0. The van der Waals surface area contributed by atoms with Crippen molar-refractivity contribution in [1.82, 2.24) is 0 Å². The number of hydrogen-bond acceptors (Lipinski definition) is 3. The number of epoxide rings is 1. The van der Waals surface area contributed by atoms with Crippen molar-refractivity contribution < 1.29 is 14.3 Å². The van der Waals surface area contributed by atoms with Crippen LogP contribution < -0.4 is 9.64 Å². The van der Waals surface area contributed by atoms with E-state index in [0.717, 1.165) is 30.5 Å². The van der Waals surface area contributed by atoms with Gasteiger partial charge >= 0.3 is 6.09 Å². The van der Waals surface area contributed by atoms with Crippen LogP contribution in [0.15, 0.2) is 66.7 Å². The summed E-state index contributed by atoms with van der Waals surface area (Å²) < 4.78 is 12.4. The van der Waals surface area contributed by atoms with Crippen LogP contribution in [0.4, 0.5) is 10.5 Å². The van der Waals surface area contributed by atoms with E-state index in [9.17, 15) is 4.79 Å². The Kier molecular flexibility index (Phi) is 3.63. The number of anilines is 1. The molecular formula is C26H19NO3. The van der Waals surface area contributed by atoms with Crippen molar-refractivity contribution in [2.75, 3.05) is 4.90 Å². The Morgan fingerprint density at radius 1 is 1.03 bits per heavy atom. The zero-order valence-corrected chi connectivity index (χ0v) is 16.3. The zero-order valence-electron chi connectivity index (χ0n) is 16.3. The van der Waals surface area contributed by atoms with E-state index in [1.54, 1.807) is 29.2 Å². The van der Waals surface area contributed by atoms with Gasteiger partial charge in [0, 0.05) is 5.56 Å². The van der Waals surface area contributed by atoms with E-state index in [1.807, 2.05) is 36.4 Å². The van der Waals surface area contributed by atoms with E-state index in [1.165, 1.54) is 0 Å². The molecule has 4 aliphatic rings. The third-order valence-corrected chi connectivity index (χ3v) is 6.60. The molecule has 0 unspecified atom stereocenters. The van der Waals surface area contributed by atoms with Crippen LogP contribution >= 0.6 is 0 Å². The number of carbonyl (C=O) groups is 1. The topological polar surface area (TPSA) is 42.1 Å². The Hall–Kier alpha value is -3.47. The maximum absolute atomic E-state index is 13.4. The largest absolute Gasteiger partial charge is 0.420 e. The van der Waals surface area contributed by atoms with Crippen molar-refractivity contribution in [3.63, 3.8) is 0 Å². The van der Waals surface area contributed by atoms with Crippen LogP contribution in [0.3, 0.4) is 0 Å². The molecule has 2 aliphatic carbocycles. The standard InChI is InChI=1S/C26H19NO3/c28-24(29-20-13-5-3-6-14-20)27-22-16-9-8-15-21(22)26-19-11-4-1-2-7-17-23(27)25(26,30-26)18-10-12-19/h1-3,5-6,8-9,13-16,19,23H,10,12,18H2/b2-1-/t19-,23-,25-,26+/m0/s1. The Morgan fingerprint density at radius 2 is 1.80 bits per heavy atom. The third kappa shape index (κ3) is 2.20. The summed E-state index contributed by atoms with van der Waals surface area (Å²) in [6, 6.07) is 16.7. The average molecular weight is 393 g/mol. The first-order valence-corrected chi connectivity index (χ1v) is 10.3. The first-order valence-electron chi connectivity index (χ1n) is 10.3. The highest BCUT2D eigenvalue weighted by molar-refractivity contribution is 5.94. The van der Waals surface area contributed by atoms with Crippen LogP contribution in [0.1, 0.15) is 24.8 Å². The van der Waals surface area contributed by atoms with Crippen molar-refractivity contribution in [1.29, 1.82) is 0 Å². The molecule has 4 nitrogen and oxygen atoms in total. The molecule has 2 aromatic carbocycles. The lowest BCUT2D eigenvalue weighted by Crippen LogP contribution is -2.57. The van der Waals surface area contributed by atoms with Gasteiger partial charge in [-0.05, 0) is 49.6 Å². The Balaban J connectivity index is 1.54. The summed E-state index contributed by atoms with van der Waals surface area (Å²) in [4.78, 5) is 15.1. The number of nitrogens with zero attached hydrogens (tertiary/aromatic N) is 1. The minimum atomic E-state index is -0.549. The molecule has 1 amide bonds. The van der Waals surface area contributed by atoms with Gasteiger partial charge in [-0.25, -0.2) is 4.79 Å². The molecular weight excluding hydrogens is 374 g/mol. The molecule has 0 radical (unpaired) electrons. The summed E-state index contributed by atoms with van der Waals surface area (Å²) in [5.41, 5.74) is 0.746. The van der Waals surface area contributed by atoms with Crippen LogP contribution in [-0.4, -0.2) is 17.7 Å². The van der Waals surface area contributed by atoms with E-state index in [-0.39, 0.29) is 5.92 Å². The van der Waals surface area contributed by atoms with Crippen LogP contribution in [0.25, 0.3) is 0 Å². The first-order chi connectivity index (χ1) is 14.8. The third-order valence-electron chi connectivity index (χ3n) is 6.60. The van der Waals surface area contributed by atoms with E-state index >= 15 is 0 Å². The first kappa shape index (κ1) is 17.4. The molecule has 2 aliphatic heterocycles. The summed E-state index contributed by atoms with van der Waals surface area (Å²) in [6.07, 6.45) is 5.90. The van der Waals surface area contributed by atoms with Gasteiger partial charge in [-0.3, -0.25) is 4.90 Å². The number of amides is 1. The number of para-hydroxylation sites is 2. The van der Waals surface area contributed by atoms with E-state index < -0.39 is 23.3 Å². The van der Waals surface area contributed by atoms with Gasteiger partial charge < -0.3 is 9.47 Å². The van der Waals surface area contributed by atoms with E-state index in [0.29, 0.717) is 5.75 Å². The van der Waals surface area contributed by atoms with Gasteiger partial charge in [0.2, 0.25) is 0 Å². The fourth-order valence-corrected chi connectivity index (χ4v) is 5.40. The predicted octanol–water partition coefficient (Wildman–Crippen LogP) is 4.42. The number of ether oxygens (including phenoxy) is 2. The van der Waals surface area contributed by atoms with Gasteiger partial charge in [0.15, 0.2) is 0 Å². The minimum absolute atomic E-state index is 0.0757. The highest BCUT2D eigenvalue weighted by atomic mass is 16.6. The SMILES string of the molecule is O=C(Oc1ccccc1)N1c2ccccc2[C@@]23O[C@]24CCC[C@@H]3C#C/C=C\C#C[C@H]14. The Bertz CT molecular complexity index is 1200. The van der Waals surface area contributed by atoms with Crippen LogP contribution in [-0.2, 0) is 10.3 Å². The zero-order chi connectivity index (χ0) is 20.2. The van der Waals surface area contributed by atoms with Gasteiger partial charge in [0.05, 0.1) is 11.6 Å². The summed E-state index contributed by atoms with van der Waals surface area (Å²) in [5.74, 6) is 13.5. The second-order valence-electron chi connectivity index (χ2n) is 8.05. The molecule has 6 rings (SSSR count). The fraction of sp³-hybridized carbons (Fsp3) is 0.269. The maximum atomic E-state index is 13.4. The molecule has 4 bridgehead atoms. The minimum Gasteiger partial charge on any atom is -0.410 e. The fourth-order valence-electron chi connectivity index (χ4n) is 5.40. The molecule has 2 aromatic rings.